The second-order valence-corrected chi connectivity index (χ2v) is 9.16. The fourth-order valence-corrected chi connectivity index (χ4v) is 4.06. The summed E-state index contributed by atoms with van der Waals surface area (Å²) in [5.41, 5.74) is -0.906. The summed E-state index contributed by atoms with van der Waals surface area (Å²) in [4.78, 5) is 24.5. The summed E-state index contributed by atoms with van der Waals surface area (Å²) in [6.45, 7) is 5.82. The van der Waals surface area contributed by atoms with E-state index >= 15 is 0 Å². The molecule has 1 amide bonds. The number of piperazine rings is 1. The summed E-state index contributed by atoms with van der Waals surface area (Å²) in [5, 5.41) is 9.07. The SMILES string of the molecule is CC(C)(C)OC(=O)N1CCN(S(=O)(=O)c2ccc(Cl)c(C(=O)O)c2)CC1. The van der Waals surface area contributed by atoms with Crippen LogP contribution in [0.1, 0.15) is 31.1 Å². The molecule has 10 heteroatoms. The van der Waals surface area contributed by atoms with Crippen LogP contribution in [0.4, 0.5) is 4.79 Å². The van der Waals surface area contributed by atoms with Gasteiger partial charge in [-0.05, 0) is 39.0 Å². The number of hydrogen-bond donors (Lipinski definition) is 1. The number of sulfonamides is 1. The van der Waals surface area contributed by atoms with E-state index in [1.807, 2.05) is 0 Å². The Balaban J connectivity index is 2.12. The third-order valence-electron chi connectivity index (χ3n) is 3.70. The van der Waals surface area contributed by atoms with E-state index in [2.05, 4.69) is 0 Å². The molecule has 8 nitrogen and oxygen atoms in total. The minimum Gasteiger partial charge on any atom is -0.478 e. The fraction of sp³-hybridized carbons (Fsp3) is 0.500. The maximum Gasteiger partial charge on any atom is 0.410 e. The molecule has 1 aliphatic heterocycles. The smallest absolute Gasteiger partial charge is 0.410 e. The Morgan fingerprint density at radius 3 is 2.23 bits per heavy atom. The fourth-order valence-electron chi connectivity index (χ4n) is 2.42. The van der Waals surface area contributed by atoms with Crippen LogP contribution >= 0.6 is 11.6 Å². The van der Waals surface area contributed by atoms with Crippen molar-refractivity contribution < 1.29 is 27.9 Å². The van der Waals surface area contributed by atoms with Crippen molar-refractivity contribution in [2.24, 2.45) is 0 Å². The third kappa shape index (κ3) is 4.66. The summed E-state index contributed by atoms with van der Waals surface area (Å²) in [5.74, 6) is -1.30. The number of halogens is 1. The highest BCUT2D eigenvalue weighted by molar-refractivity contribution is 7.89. The first kappa shape index (κ1) is 20.5. The molecule has 0 spiro atoms. The Labute approximate surface area is 157 Å². The number of benzene rings is 1. The standard InChI is InChI=1S/C16H21ClN2O6S/c1-16(2,3)25-15(22)18-6-8-19(9-7-18)26(23,24)11-4-5-13(17)12(10-11)14(20)21/h4-5,10H,6-9H2,1-3H3,(H,20,21). The van der Waals surface area contributed by atoms with Crippen molar-refractivity contribution in [1.29, 1.82) is 0 Å². The lowest BCUT2D eigenvalue weighted by Crippen LogP contribution is -2.51. The van der Waals surface area contributed by atoms with E-state index in [-0.39, 0.29) is 41.7 Å². The quantitative estimate of drug-likeness (QED) is 0.828. The lowest BCUT2D eigenvalue weighted by Gasteiger charge is -2.35. The van der Waals surface area contributed by atoms with Gasteiger partial charge in [-0.25, -0.2) is 18.0 Å². The maximum absolute atomic E-state index is 12.7. The van der Waals surface area contributed by atoms with Gasteiger partial charge in [-0.3, -0.25) is 0 Å². The first-order chi connectivity index (χ1) is 11.9. The number of amides is 1. The molecule has 144 valence electrons. The average Bonchev–Trinajstić information content (AvgIpc) is 2.53. The van der Waals surface area contributed by atoms with Crippen LogP contribution in [0.2, 0.25) is 5.02 Å². The van der Waals surface area contributed by atoms with Crippen molar-refractivity contribution in [3.05, 3.63) is 28.8 Å². The van der Waals surface area contributed by atoms with Crippen LogP contribution in [-0.2, 0) is 14.8 Å². The number of rotatable bonds is 3. The summed E-state index contributed by atoms with van der Waals surface area (Å²) >= 11 is 5.79. The van der Waals surface area contributed by atoms with Crippen LogP contribution in [0, 0.1) is 0 Å². The van der Waals surface area contributed by atoms with E-state index in [1.165, 1.54) is 21.3 Å². The Bertz CT molecular complexity index is 811. The van der Waals surface area contributed by atoms with Crippen molar-refractivity contribution >= 4 is 33.7 Å². The maximum atomic E-state index is 12.7. The van der Waals surface area contributed by atoms with Crippen LogP contribution in [0.15, 0.2) is 23.1 Å². The second kappa shape index (κ2) is 7.42. The molecule has 1 saturated heterocycles. The molecule has 0 unspecified atom stereocenters. The van der Waals surface area contributed by atoms with Gasteiger partial charge in [-0.15, -0.1) is 0 Å². The van der Waals surface area contributed by atoms with Crippen molar-refractivity contribution in [3.8, 4) is 0 Å². The predicted octanol–water partition coefficient (Wildman–Crippen LogP) is 2.28. The molecular weight excluding hydrogens is 384 g/mol. The number of carboxylic acids is 1. The Morgan fingerprint density at radius 1 is 1.15 bits per heavy atom. The topological polar surface area (TPSA) is 104 Å². The van der Waals surface area contributed by atoms with Crippen LogP contribution < -0.4 is 0 Å². The molecule has 1 aliphatic rings. The molecule has 2 rings (SSSR count). The number of carboxylic acid groups (broad SMARTS) is 1. The summed E-state index contributed by atoms with van der Waals surface area (Å²) < 4.78 is 32.0. The molecule has 0 atom stereocenters. The van der Waals surface area contributed by atoms with Crippen LogP contribution in [0.5, 0.6) is 0 Å². The van der Waals surface area contributed by atoms with Gasteiger partial charge in [0.25, 0.3) is 0 Å². The van der Waals surface area contributed by atoms with E-state index in [0.717, 1.165) is 6.07 Å². The number of carbonyl (C=O) groups excluding carboxylic acids is 1. The van der Waals surface area contributed by atoms with Gasteiger partial charge in [0, 0.05) is 26.2 Å². The van der Waals surface area contributed by atoms with Gasteiger partial charge in [-0.2, -0.15) is 4.31 Å². The number of hydrogen-bond acceptors (Lipinski definition) is 5. The summed E-state index contributed by atoms with van der Waals surface area (Å²) in [6.07, 6.45) is -0.491. The van der Waals surface area contributed by atoms with Crippen molar-refractivity contribution in [2.75, 3.05) is 26.2 Å². The first-order valence-corrected chi connectivity index (χ1v) is 9.74. The highest BCUT2D eigenvalue weighted by atomic mass is 35.5. The van der Waals surface area contributed by atoms with E-state index in [0.29, 0.717) is 0 Å². The Hall–Kier alpha value is -1.84. The predicted molar refractivity (Wildman–Crippen MR) is 95.0 cm³/mol. The number of aromatic carboxylic acids is 1. The Kier molecular flexibility index (Phi) is 5.84. The van der Waals surface area contributed by atoms with Gasteiger partial charge < -0.3 is 14.7 Å². The van der Waals surface area contributed by atoms with Crippen molar-refractivity contribution in [3.63, 3.8) is 0 Å². The minimum atomic E-state index is -3.89. The molecule has 1 aromatic rings. The highest BCUT2D eigenvalue weighted by Crippen LogP contribution is 2.24. The second-order valence-electron chi connectivity index (χ2n) is 6.82. The molecule has 0 radical (unpaired) electrons. The third-order valence-corrected chi connectivity index (χ3v) is 5.92. The molecule has 1 N–H and O–H groups in total. The van der Waals surface area contributed by atoms with Crippen LogP contribution in [-0.4, -0.2) is 66.6 Å². The molecule has 26 heavy (non-hydrogen) atoms. The lowest BCUT2D eigenvalue weighted by atomic mass is 10.2. The van der Waals surface area contributed by atoms with Gasteiger partial charge >= 0.3 is 12.1 Å². The van der Waals surface area contributed by atoms with E-state index < -0.39 is 27.7 Å². The van der Waals surface area contributed by atoms with E-state index in [9.17, 15) is 18.0 Å². The van der Waals surface area contributed by atoms with Gasteiger partial charge in [0.15, 0.2) is 0 Å². The summed E-state index contributed by atoms with van der Waals surface area (Å²) in [7, 11) is -3.89. The first-order valence-electron chi connectivity index (χ1n) is 7.93. The normalized spacial score (nSPS) is 16.4. The van der Waals surface area contributed by atoms with Crippen LogP contribution in [0.3, 0.4) is 0 Å². The molecule has 0 bridgehead atoms. The zero-order chi connectivity index (χ0) is 19.7. The Morgan fingerprint density at radius 2 is 1.73 bits per heavy atom. The van der Waals surface area contributed by atoms with E-state index in [1.54, 1.807) is 20.8 Å². The number of carbonyl (C=O) groups is 2. The number of nitrogens with zero attached hydrogens (tertiary/aromatic N) is 2. The zero-order valence-corrected chi connectivity index (χ0v) is 16.3. The van der Waals surface area contributed by atoms with Crippen molar-refractivity contribution in [1.82, 2.24) is 9.21 Å². The molecular formula is C16H21ClN2O6S. The summed E-state index contributed by atoms with van der Waals surface area (Å²) in [6, 6.07) is 3.55. The molecule has 1 heterocycles. The molecule has 1 fully saturated rings. The van der Waals surface area contributed by atoms with Gasteiger partial charge in [0.05, 0.1) is 15.5 Å². The van der Waals surface area contributed by atoms with Gasteiger partial charge in [0.1, 0.15) is 5.60 Å². The van der Waals surface area contributed by atoms with Gasteiger partial charge in [0.2, 0.25) is 10.0 Å². The number of ether oxygens (including phenoxy) is 1. The average molecular weight is 405 g/mol. The largest absolute Gasteiger partial charge is 0.478 e. The van der Waals surface area contributed by atoms with Crippen LogP contribution in [0.25, 0.3) is 0 Å². The lowest BCUT2D eigenvalue weighted by molar-refractivity contribution is 0.0192. The highest BCUT2D eigenvalue weighted by Gasteiger charge is 2.32. The van der Waals surface area contributed by atoms with E-state index in [4.69, 9.17) is 21.4 Å². The zero-order valence-electron chi connectivity index (χ0n) is 14.7. The molecule has 1 aromatic carbocycles. The molecule has 0 aliphatic carbocycles. The molecule has 0 aromatic heterocycles. The minimum absolute atomic E-state index is 0.0359. The monoisotopic (exact) mass is 404 g/mol. The molecule has 0 saturated carbocycles. The van der Waals surface area contributed by atoms with Crippen molar-refractivity contribution in [2.45, 2.75) is 31.3 Å². The van der Waals surface area contributed by atoms with Gasteiger partial charge in [-0.1, -0.05) is 11.6 Å².